The molecule has 2 N–H and O–H groups in total. The summed E-state index contributed by atoms with van der Waals surface area (Å²) in [5.41, 5.74) is 4.01. The van der Waals surface area contributed by atoms with Gasteiger partial charge in [-0.3, -0.25) is 14.3 Å². The standard InChI is InChI=1S/C30H27F3N4O4SSi/c1-43(2,3)11-9-19-12-18(4-5-20(19)17-38)21-13-23-24(15-35-30(23)34-14-21)29(39)27-25(32)6-7-26(28(27)33)36-42(40,41)37-10-8-22(31)16-37/h4-7,12-15,17,22,36H,8,10,16H2,1-3H3,(H,34,35)/t22-/m0/s1. The van der Waals surface area contributed by atoms with Gasteiger partial charge in [0, 0.05) is 53.1 Å². The third-order valence-corrected chi connectivity index (χ3v) is 9.22. The number of aromatic amines is 1. The molecule has 3 heterocycles. The molecule has 1 saturated heterocycles. The SMILES string of the molecule is C[Si](C)(C)C#Cc1cc(-c2cnc3[nH]cc(C(=O)c4c(F)ccc(NS(=O)(=O)N5CC[C@H](F)C5)c4F)c3c2)ccc1C=O. The van der Waals surface area contributed by atoms with Crippen molar-refractivity contribution in [3.05, 3.63) is 82.7 Å². The Morgan fingerprint density at radius 2 is 1.93 bits per heavy atom. The van der Waals surface area contributed by atoms with E-state index in [2.05, 4.69) is 41.1 Å². The van der Waals surface area contributed by atoms with Crippen LogP contribution in [0.25, 0.3) is 22.2 Å². The number of carbonyl (C=O) groups excluding carboxylic acids is 2. The second-order valence-corrected chi connectivity index (χ2v) is 17.6. The van der Waals surface area contributed by atoms with E-state index in [4.69, 9.17) is 0 Å². The quantitative estimate of drug-likeness (QED) is 0.122. The Morgan fingerprint density at radius 1 is 1.16 bits per heavy atom. The molecule has 222 valence electrons. The van der Waals surface area contributed by atoms with Crippen molar-refractivity contribution in [1.29, 1.82) is 0 Å². The molecule has 1 aliphatic rings. The molecule has 2 aromatic carbocycles. The first-order valence-corrected chi connectivity index (χ1v) is 18.3. The largest absolute Gasteiger partial charge is 0.345 e. The van der Waals surface area contributed by atoms with E-state index < -0.39 is 59.7 Å². The average Bonchev–Trinajstić information content (AvgIpc) is 3.59. The summed E-state index contributed by atoms with van der Waals surface area (Å²) in [5, 5.41) is 0.271. The normalized spacial score (nSPS) is 15.7. The smallest absolute Gasteiger partial charge is 0.301 e. The van der Waals surface area contributed by atoms with Crippen molar-refractivity contribution in [2.24, 2.45) is 0 Å². The summed E-state index contributed by atoms with van der Waals surface area (Å²) in [4.78, 5) is 32.3. The van der Waals surface area contributed by atoms with E-state index in [1.165, 1.54) is 6.20 Å². The molecule has 8 nitrogen and oxygen atoms in total. The molecular weight excluding hydrogens is 598 g/mol. The highest BCUT2D eigenvalue weighted by molar-refractivity contribution is 7.90. The maximum Gasteiger partial charge on any atom is 0.301 e. The van der Waals surface area contributed by atoms with E-state index in [1.54, 1.807) is 30.5 Å². The van der Waals surface area contributed by atoms with Crippen LogP contribution in [0.5, 0.6) is 0 Å². The van der Waals surface area contributed by atoms with Gasteiger partial charge in [0.25, 0.3) is 0 Å². The minimum Gasteiger partial charge on any atom is -0.345 e. The van der Waals surface area contributed by atoms with Crippen molar-refractivity contribution in [2.75, 3.05) is 17.8 Å². The molecule has 0 aliphatic carbocycles. The van der Waals surface area contributed by atoms with Crippen LogP contribution >= 0.6 is 0 Å². The Hall–Kier alpha value is -4.25. The summed E-state index contributed by atoms with van der Waals surface area (Å²) >= 11 is 0. The van der Waals surface area contributed by atoms with Gasteiger partial charge in [-0.05, 0) is 42.3 Å². The maximum atomic E-state index is 15.5. The number of hydrogen-bond acceptors (Lipinski definition) is 5. The highest BCUT2D eigenvalue weighted by Gasteiger charge is 2.33. The van der Waals surface area contributed by atoms with Crippen LogP contribution in [0.2, 0.25) is 19.6 Å². The first-order valence-electron chi connectivity index (χ1n) is 13.3. The van der Waals surface area contributed by atoms with Crippen molar-refractivity contribution in [3.8, 4) is 22.6 Å². The third kappa shape index (κ3) is 6.26. The number of anilines is 1. The summed E-state index contributed by atoms with van der Waals surface area (Å²) in [6.07, 6.45) is 2.20. The topological polar surface area (TPSA) is 112 Å². The van der Waals surface area contributed by atoms with Crippen molar-refractivity contribution in [3.63, 3.8) is 0 Å². The minimum absolute atomic E-state index is 0.00153. The molecule has 2 aromatic heterocycles. The lowest BCUT2D eigenvalue weighted by Gasteiger charge is -2.18. The van der Waals surface area contributed by atoms with Crippen LogP contribution < -0.4 is 4.72 Å². The number of rotatable bonds is 7. The molecule has 1 aliphatic heterocycles. The monoisotopic (exact) mass is 624 g/mol. The summed E-state index contributed by atoms with van der Waals surface area (Å²) in [6, 6.07) is 8.36. The van der Waals surface area contributed by atoms with Gasteiger partial charge in [0.1, 0.15) is 25.7 Å². The van der Waals surface area contributed by atoms with Crippen LogP contribution in [-0.2, 0) is 10.2 Å². The zero-order chi connectivity index (χ0) is 31.1. The van der Waals surface area contributed by atoms with Crippen LogP contribution in [0.4, 0.5) is 18.9 Å². The van der Waals surface area contributed by atoms with Crippen LogP contribution in [0, 0.1) is 23.1 Å². The van der Waals surface area contributed by atoms with Gasteiger partial charge in [0.05, 0.1) is 11.3 Å². The molecule has 13 heteroatoms. The highest BCUT2D eigenvalue weighted by atomic mass is 32.2. The fraction of sp³-hybridized carbons (Fsp3) is 0.233. The second kappa shape index (κ2) is 11.4. The fourth-order valence-corrected chi connectivity index (χ4v) is 6.41. The molecule has 4 aromatic rings. The van der Waals surface area contributed by atoms with Gasteiger partial charge in [-0.2, -0.15) is 12.7 Å². The molecule has 0 radical (unpaired) electrons. The number of halogens is 3. The Morgan fingerprint density at radius 3 is 2.60 bits per heavy atom. The van der Waals surface area contributed by atoms with Gasteiger partial charge in [-0.1, -0.05) is 31.6 Å². The Kier molecular flexibility index (Phi) is 8.04. The lowest BCUT2D eigenvalue weighted by Crippen LogP contribution is -2.34. The summed E-state index contributed by atoms with van der Waals surface area (Å²) in [7, 11) is -6.08. The molecule has 5 rings (SSSR count). The van der Waals surface area contributed by atoms with Crippen molar-refractivity contribution >= 4 is 47.1 Å². The number of H-pyrrole nitrogens is 1. The number of pyridine rings is 1. The van der Waals surface area contributed by atoms with Crippen molar-refractivity contribution in [2.45, 2.75) is 32.2 Å². The number of carbonyl (C=O) groups is 2. The molecular formula is C30H27F3N4O4SSi. The predicted molar refractivity (Wildman–Crippen MR) is 161 cm³/mol. The van der Waals surface area contributed by atoms with E-state index in [1.807, 2.05) is 4.72 Å². The van der Waals surface area contributed by atoms with Gasteiger partial charge in [-0.15, -0.1) is 5.54 Å². The highest BCUT2D eigenvalue weighted by Crippen LogP contribution is 2.31. The van der Waals surface area contributed by atoms with E-state index in [-0.39, 0.29) is 29.6 Å². The first kappa shape index (κ1) is 30.2. The number of hydrogen-bond donors (Lipinski definition) is 2. The van der Waals surface area contributed by atoms with Crippen LogP contribution in [0.15, 0.2) is 48.8 Å². The Bertz CT molecular complexity index is 1940. The molecule has 0 unspecified atom stereocenters. The van der Waals surface area contributed by atoms with Gasteiger partial charge < -0.3 is 4.98 Å². The van der Waals surface area contributed by atoms with Crippen LogP contribution in [0.3, 0.4) is 0 Å². The molecule has 0 saturated carbocycles. The van der Waals surface area contributed by atoms with Crippen molar-refractivity contribution in [1.82, 2.24) is 14.3 Å². The zero-order valence-corrected chi connectivity index (χ0v) is 25.3. The third-order valence-electron chi connectivity index (χ3n) is 6.85. The summed E-state index contributed by atoms with van der Waals surface area (Å²) in [5.74, 6) is -0.536. The van der Waals surface area contributed by atoms with Gasteiger partial charge in [0.15, 0.2) is 12.1 Å². The lowest BCUT2D eigenvalue weighted by atomic mass is 9.98. The van der Waals surface area contributed by atoms with Gasteiger partial charge in [0.2, 0.25) is 5.78 Å². The summed E-state index contributed by atoms with van der Waals surface area (Å²) < 4.78 is 72.2. The van der Waals surface area contributed by atoms with E-state index in [0.717, 1.165) is 22.7 Å². The van der Waals surface area contributed by atoms with Gasteiger partial charge >= 0.3 is 10.2 Å². The number of fused-ring (bicyclic) bond motifs is 1. The number of nitrogens with zero attached hydrogens (tertiary/aromatic N) is 2. The van der Waals surface area contributed by atoms with Crippen LogP contribution in [-0.4, -0.2) is 62.1 Å². The number of ketones is 1. The lowest BCUT2D eigenvalue weighted by molar-refractivity contribution is 0.103. The zero-order valence-electron chi connectivity index (χ0n) is 23.5. The molecule has 0 bridgehead atoms. The fourth-order valence-electron chi connectivity index (χ4n) is 4.63. The van der Waals surface area contributed by atoms with E-state index >= 15 is 4.39 Å². The van der Waals surface area contributed by atoms with Gasteiger partial charge in [-0.25, -0.2) is 18.2 Å². The number of nitrogens with one attached hydrogen (secondary N) is 2. The average molecular weight is 625 g/mol. The van der Waals surface area contributed by atoms with Crippen molar-refractivity contribution < 1.29 is 31.2 Å². The van der Waals surface area contributed by atoms with E-state index in [9.17, 15) is 26.8 Å². The number of benzene rings is 2. The number of aromatic nitrogens is 2. The molecule has 0 amide bonds. The predicted octanol–water partition coefficient (Wildman–Crippen LogP) is 5.48. The Labute approximate surface area is 247 Å². The molecule has 0 spiro atoms. The van der Waals surface area contributed by atoms with Crippen LogP contribution in [0.1, 0.15) is 38.3 Å². The first-order chi connectivity index (χ1) is 20.3. The maximum absolute atomic E-state index is 15.5. The Balaban J connectivity index is 1.52. The minimum atomic E-state index is -4.35. The second-order valence-electron chi connectivity index (χ2n) is 11.2. The number of alkyl halides is 1. The molecule has 1 fully saturated rings. The van der Waals surface area contributed by atoms with E-state index in [0.29, 0.717) is 22.3 Å². The summed E-state index contributed by atoms with van der Waals surface area (Å²) in [6.45, 7) is 5.75. The number of aldehydes is 1. The molecule has 43 heavy (non-hydrogen) atoms. The molecule has 1 atom stereocenters.